The molecule has 0 N–H and O–H groups in total. The Hall–Kier alpha value is -2.60. The zero-order valence-electron chi connectivity index (χ0n) is 19.7. The number of benzene rings is 3. The fourth-order valence-corrected chi connectivity index (χ4v) is 7.35. The molecule has 0 unspecified atom stereocenters. The van der Waals surface area contributed by atoms with E-state index in [0.717, 1.165) is 28.6 Å². The van der Waals surface area contributed by atoms with Crippen LogP contribution in [0.2, 0.25) is 5.02 Å². The van der Waals surface area contributed by atoms with Gasteiger partial charge in [-0.05, 0) is 66.6 Å². The summed E-state index contributed by atoms with van der Waals surface area (Å²) < 4.78 is 95.5. The molecule has 0 aromatic heterocycles. The van der Waals surface area contributed by atoms with Crippen LogP contribution < -0.4 is 4.31 Å². The Kier molecular flexibility index (Phi) is 7.89. The maximum atomic E-state index is 15.0. The van der Waals surface area contributed by atoms with Gasteiger partial charge in [0.1, 0.15) is 17.5 Å². The highest BCUT2D eigenvalue weighted by atomic mass is 35.5. The molecule has 1 aliphatic rings. The fourth-order valence-electron chi connectivity index (χ4n) is 4.32. The molecule has 0 saturated carbocycles. The van der Waals surface area contributed by atoms with Gasteiger partial charge in [0.25, 0.3) is 10.0 Å². The molecule has 12 heteroatoms. The van der Waals surface area contributed by atoms with Crippen LogP contribution in [0.25, 0.3) is 0 Å². The number of sulfonamides is 1. The lowest BCUT2D eigenvalue weighted by molar-refractivity contribution is 0.286. The van der Waals surface area contributed by atoms with Crippen LogP contribution in [0.15, 0.2) is 65.6 Å². The molecular weight excluding hydrogens is 549 g/mol. The lowest BCUT2D eigenvalue weighted by Gasteiger charge is -2.33. The Bertz CT molecular complexity index is 1500. The van der Waals surface area contributed by atoms with Gasteiger partial charge in [-0.25, -0.2) is 30.0 Å². The van der Waals surface area contributed by atoms with Crippen molar-refractivity contribution in [2.24, 2.45) is 0 Å². The lowest BCUT2D eigenvalue weighted by Crippen LogP contribution is -2.40. The van der Waals surface area contributed by atoms with E-state index in [0.29, 0.717) is 16.1 Å². The van der Waals surface area contributed by atoms with Crippen molar-refractivity contribution in [2.45, 2.75) is 24.4 Å². The molecule has 0 aliphatic carbocycles. The van der Waals surface area contributed by atoms with E-state index in [1.807, 2.05) is 4.90 Å². The summed E-state index contributed by atoms with van der Waals surface area (Å²) in [6.45, 7) is 2.11. The van der Waals surface area contributed by atoms with Gasteiger partial charge in [0.2, 0.25) is 0 Å². The van der Waals surface area contributed by atoms with Gasteiger partial charge in [0.15, 0.2) is 9.84 Å². The number of hydrogen-bond acceptors (Lipinski definition) is 5. The van der Waals surface area contributed by atoms with Gasteiger partial charge in [0.05, 0.1) is 28.1 Å². The number of hydrogen-bond donors (Lipinski definition) is 0. The predicted molar refractivity (Wildman–Crippen MR) is 136 cm³/mol. The minimum Gasteiger partial charge on any atom is -0.297 e. The first-order valence-electron chi connectivity index (χ1n) is 11.3. The largest absolute Gasteiger partial charge is 0.297 e. The summed E-state index contributed by atoms with van der Waals surface area (Å²) in [4.78, 5) is 1.63. The van der Waals surface area contributed by atoms with E-state index in [2.05, 4.69) is 0 Å². The molecule has 6 nitrogen and oxygen atoms in total. The maximum Gasteiger partial charge on any atom is 0.264 e. The van der Waals surface area contributed by atoms with Crippen molar-refractivity contribution in [1.29, 1.82) is 0 Å². The SMILES string of the molecule is C[C@H](c1ccc(F)cc1CN1CCS(=O)(=O)CC1)N(c1cc(F)ccc1F)S(=O)(=O)c1ccc(Cl)cc1. The Balaban J connectivity index is 1.81. The van der Waals surface area contributed by atoms with Crippen molar-refractivity contribution in [1.82, 2.24) is 4.90 Å². The molecule has 4 rings (SSSR count). The second-order valence-electron chi connectivity index (χ2n) is 8.80. The molecule has 3 aromatic rings. The maximum absolute atomic E-state index is 15.0. The molecule has 1 aliphatic heterocycles. The van der Waals surface area contributed by atoms with Crippen molar-refractivity contribution in [2.75, 3.05) is 28.9 Å². The molecule has 1 heterocycles. The van der Waals surface area contributed by atoms with Crippen LogP contribution in [0.5, 0.6) is 0 Å². The first-order chi connectivity index (χ1) is 17.4. The molecule has 0 bridgehead atoms. The van der Waals surface area contributed by atoms with Crippen molar-refractivity contribution in [3.63, 3.8) is 0 Å². The molecule has 3 aromatic carbocycles. The molecule has 1 atom stereocenters. The molecule has 0 amide bonds. The summed E-state index contributed by atoms with van der Waals surface area (Å²) >= 11 is 5.91. The zero-order chi connectivity index (χ0) is 27.0. The van der Waals surface area contributed by atoms with Crippen LogP contribution in [0.1, 0.15) is 24.1 Å². The number of nitrogens with zero attached hydrogens (tertiary/aromatic N) is 2. The number of anilines is 1. The summed E-state index contributed by atoms with van der Waals surface area (Å²) in [7, 11) is -7.60. The third kappa shape index (κ3) is 6.11. The molecule has 0 radical (unpaired) electrons. The van der Waals surface area contributed by atoms with Crippen LogP contribution in [-0.4, -0.2) is 46.3 Å². The standard InChI is InChI=1S/C25H24ClF3N2O4S2/c1-17(23-8-4-20(27)14-18(23)16-30-10-12-36(32,33)13-11-30)31(25-15-21(28)5-9-24(25)29)37(34,35)22-6-2-19(26)3-7-22/h2-9,14-15,17H,10-13,16H2,1H3/t17-/m1/s1. The van der Waals surface area contributed by atoms with Gasteiger partial charge in [-0.15, -0.1) is 0 Å². The van der Waals surface area contributed by atoms with Gasteiger partial charge in [-0.2, -0.15) is 0 Å². The molecule has 1 fully saturated rings. The number of sulfone groups is 1. The second kappa shape index (κ2) is 10.6. The Morgan fingerprint density at radius 2 is 1.54 bits per heavy atom. The van der Waals surface area contributed by atoms with Gasteiger partial charge in [0, 0.05) is 30.7 Å². The predicted octanol–water partition coefficient (Wildman–Crippen LogP) is 4.94. The first-order valence-corrected chi connectivity index (χ1v) is 15.0. The number of halogens is 4. The van der Waals surface area contributed by atoms with E-state index in [-0.39, 0.29) is 36.0 Å². The molecule has 0 spiro atoms. The topological polar surface area (TPSA) is 74.8 Å². The summed E-state index contributed by atoms with van der Waals surface area (Å²) in [6.07, 6.45) is 0. The smallest absolute Gasteiger partial charge is 0.264 e. The second-order valence-corrected chi connectivity index (χ2v) is 13.4. The van der Waals surface area contributed by atoms with Crippen LogP contribution in [-0.2, 0) is 26.4 Å². The van der Waals surface area contributed by atoms with E-state index >= 15 is 0 Å². The molecular formula is C25H24ClF3N2O4S2. The van der Waals surface area contributed by atoms with E-state index in [1.165, 1.54) is 43.3 Å². The van der Waals surface area contributed by atoms with E-state index in [4.69, 9.17) is 11.6 Å². The lowest BCUT2D eigenvalue weighted by atomic mass is 10.00. The first kappa shape index (κ1) is 27.4. The van der Waals surface area contributed by atoms with Crippen molar-refractivity contribution in [3.8, 4) is 0 Å². The Morgan fingerprint density at radius 3 is 2.19 bits per heavy atom. The Labute approximate surface area is 219 Å². The van der Waals surface area contributed by atoms with Crippen molar-refractivity contribution >= 4 is 37.1 Å². The van der Waals surface area contributed by atoms with Crippen LogP contribution in [0.3, 0.4) is 0 Å². The van der Waals surface area contributed by atoms with E-state index in [9.17, 15) is 30.0 Å². The minimum atomic E-state index is -4.45. The van der Waals surface area contributed by atoms with Gasteiger partial charge < -0.3 is 0 Å². The van der Waals surface area contributed by atoms with Crippen LogP contribution >= 0.6 is 11.6 Å². The highest BCUT2D eigenvalue weighted by Crippen LogP contribution is 2.37. The highest BCUT2D eigenvalue weighted by molar-refractivity contribution is 7.93. The van der Waals surface area contributed by atoms with Gasteiger partial charge >= 0.3 is 0 Å². The quantitative estimate of drug-likeness (QED) is 0.401. The van der Waals surface area contributed by atoms with Gasteiger partial charge in [-0.1, -0.05) is 17.7 Å². The third-order valence-corrected chi connectivity index (χ3v) is 10.0. The van der Waals surface area contributed by atoms with Crippen molar-refractivity contribution in [3.05, 3.63) is 94.3 Å². The van der Waals surface area contributed by atoms with Crippen LogP contribution in [0.4, 0.5) is 18.9 Å². The monoisotopic (exact) mass is 572 g/mol. The zero-order valence-corrected chi connectivity index (χ0v) is 22.1. The highest BCUT2D eigenvalue weighted by Gasteiger charge is 2.34. The summed E-state index contributed by atoms with van der Waals surface area (Å²) in [6, 6.07) is 10.5. The normalized spacial score (nSPS) is 16.9. The third-order valence-electron chi connectivity index (χ3n) is 6.25. The molecule has 198 valence electrons. The molecule has 1 saturated heterocycles. The summed E-state index contributed by atoms with van der Waals surface area (Å²) in [5.74, 6) is -2.46. The summed E-state index contributed by atoms with van der Waals surface area (Å²) in [5.41, 5.74) is 0.248. The Morgan fingerprint density at radius 1 is 0.946 bits per heavy atom. The minimum absolute atomic E-state index is 0.0429. The fraction of sp³-hybridized carbons (Fsp3) is 0.280. The number of rotatable bonds is 7. The van der Waals surface area contributed by atoms with Crippen LogP contribution in [0, 0.1) is 17.5 Å². The van der Waals surface area contributed by atoms with Crippen molar-refractivity contribution < 1.29 is 30.0 Å². The average Bonchev–Trinajstić information content (AvgIpc) is 2.83. The summed E-state index contributed by atoms with van der Waals surface area (Å²) in [5, 5.41) is 0.292. The van der Waals surface area contributed by atoms with E-state index < -0.39 is 49.0 Å². The van der Waals surface area contributed by atoms with Gasteiger partial charge in [-0.3, -0.25) is 9.21 Å². The van der Waals surface area contributed by atoms with E-state index in [1.54, 1.807) is 0 Å². The average molecular weight is 573 g/mol. The molecule has 37 heavy (non-hydrogen) atoms.